The van der Waals surface area contributed by atoms with E-state index < -0.39 is 0 Å². The zero-order chi connectivity index (χ0) is 13.1. The monoisotopic (exact) mass is 306 g/mol. The zero-order valence-corrected chi connectivity index (χ0v) is 11.9. The predicted octanol–water partition coefficient (Wildman–Crippen LogP) is 3.47. The van der Waals surface area contributed by atoms with Crippen LogP contribution in [0.25, 0.3) is 11.4 Å². The highest BCUT2D eigenvalue weighted by Crippen LogP contribution is 2.25. The molecule has 0 aliphatic carbocycles. The molecule has 5 nitrogen and oxygen atoms in total. The number of halogens is 1. The van der Waals surface area contributed by atoms with Gasteiger partial charge in [0, 0.05) is 11.6 Å². The maximum absolute atomic E-state index is 9.16. The molecule has 0 fully saturated rings. The Morgan fingerprint density at radius 1 is 1.05 bits per heavy atom. The second-order valence-corrected chi connectivity index (χ2v) is 4.64. The lowest BCUT2D eigenvalue weighted by Crippen LogP contribution is -1.92. The van der Waals surface area contributed by atoms with E-state index in [0.717, 1.165) is 16.5 Å². The van der Waals surface area contributed by atoms with Crippen LogP contribution in [0.3, 0.4) is 0 Å². The third kappa shape index (κ3) is 3.23. The molecule has 0 radical (unpaired) electrons. The van der Waals surface area contributed by atoms with Crippen molar-refractivity contribution in [3.05, 3.63) is 48.1 Å². The van der Waals surface area contributed by atoms with Crippen molar-refractivity contribution in [3.63, 3.8) is 0 Å². The van der Waals surface area contributed by atoms with Gasteiger partial charge in [0.15, 0.2) is 5.13 Å². The van der Waals surface area contributed by atoms with Crippen molar-refractivity contribution in [1.82, 2.24) is 15.0 Å². The molecule has 0 amide bonds. The van der Waals surface area contributed by atoms with E-state index in [1.807, 2.05) is 23.6 Å². The first-order valence-corrected chi connectivity index (χ1v) is 6.48. The molecule has 3 rings (SSSR count). The fourth-order valence-corrected chi connectivity index (χ4v) is 2.24. The molecular weight excluding hydrogens is 296 g/mol. The van der Waals surface area contributed by atoms with Crippen LogP contribution in [0.1, 0.15) is 0 Å². The first kappa shape index (κ1) is 14.2. The minimum Gasteiger partial charge on any atom is -0.506 e. The van der Waals surface area contributed by atoms with Gasteiger partial charge in [0.1, 0.15) is 17.3 Å². The van der Waals surface area contributed by atoms with E-state index in [1.54, 1.807) is 18.3 Å². The van der Waals surface area contributed by atoms with E-state index in [0.29, 0.717) is 5.82 Å². The van der Waals surface area contributed by atoms with Gasteiger partial charge < -0.3 is 10.4 Å². The SMILES string of the molecule is Cl.Oc1ccc(Nc2nc(-c3ccccn3)cs2)nc1. The van der Waals surface area contributed by atoms with Gasteiger partial charge in [0.05, 0.1) is 11.9 Å². The summed E-state index contributed by atoms with van der Waals surface area (Å²) >= 11 is 1.48. The van der Waals surface area contributed by atoms with Crippen LogP contribution >= 0.6 is 23.7 Å². The summed E-state index contributed by atoms with van der Waals surface area (Å²) in [5.41, 5.74) is 1.66. The van der Waals surface area contributed by atoms with Crippen LogP contribution in [0, 0.1) is 0 Å². The van der Waals surface area contributed by atoms with Gasteiger partial charge in [0.25, 0.3) is 0 Å². The number of nitrogens with one attached hydrogen (secondary N) is 1. The van der Waals surface area contributed by atoms with Gasteiger partial charge in [-0.25, -0.2) is 9.97 Å². The molecule has 0 atom stereocenters. The molecule has 3 heterocycles. The van der Waals surface area contributed by atoms with Gasteiger partial charge in [-0.3, -0.25) is 4.98 Å². The molecule has 0 spiro atoms. The second kappa shape index (κ2) is 6.31. The van der Waals surface area contributed by atoms with Crippen LogP contribution in [-0.2, 0) is 0 Å². The number of pyridine rings is 2. The van der Waals surface area contributed by atoms with Crippen molar-refractivity contribution in [3.8, 4) is 17.1 Å². The lowest BCUT2D eigenvalue weighted by molar-refractivity contribution is 0.473. The molecule has 102 valence electrons. The minimum absolute atomic E-state index is 0. The van der Waals surface area contributed by atoms with E-state index in [1.165, 1.54) is 17.5 Å². The maximum Gasteiger partial charge on any atom is 0.188 e. The first-order valence-electron chi connectivity index (χ1n) is 5.60. The summed E-state index contributed by atoms with van der Waals surface area (Å²) in [6, 6.07) is 8.98. The lowest BCUT2D eigenvalue weighted by Gasteiger charge is -2.00. The van der Waals surface area contributed by atoms with Crippen molar-refractivity contribution in [2.45, 2.75) is 0 Å². The molecule has 20 heavy (non-hydrogen) atoms. The van der Waals surface area contributed by atoms with E-state index in [2.05, 4.69) is 20.3 Å². The Morgan fingerprint density at radius 3 is 2.65 bits per heavy atom. The third-order valence-electron chi connectivity index (χ3n) is 2.41. The molecule has 0 saturated carbocycles. The van der Waals surface area contributed by atoms with Crippen molar-refractivity contribution in [2.24, 2.45) is 0 Å². The van der Waals surface area contributed by atoms with Gasteiger partial charge in [-0.05, 0) is 24.3 Å². The number of rotatable bonds is 3. The standard InChI is InChI=1S/C13H10N4OS.ClH/c18-9-4-5-12(15-7-9)17-13-16-11(8-19-13)10-3-1-2-6-14-10;/h1-8,18H,(H,15,16,17);1H. The fraction of sp³-hybridized carbons (Fsp3) is 0. The molecule has 2 N–H and O–H groups in total. The first-order chi connectivity index (χ1) is 9.31. The van der Waals surface area contributed by atoms with Gasteiger partial charge in [-0.2, -0.15) is 0 Å². The molecule has 0 bridgehead atoms. The number of aromatic hydroxyl groups is 1. The van der Waals surface area contributed by atoms with Crippen molar-refractivity contribution in [1.29, 1.82) is 0 Å². The molecule has 0 unspecified atom stereocenters. The molecule has 0 aliphatic heterocycles. The average molecular weight is 307 g/mol. The molecular formula is C13H11ClN4OS. The topological polar surface area (TPSA) is 70.9 Å². The largest absolute Gasteiger partial charge is 0.506 e. The Kier molecular flexibility index (Phi) is 4.49. The van der Waals surface area contributed by atoms with E-state index in [4.69, 9.17) is 5.11 Å². The second-order valence-electron chi connectivity index (χ2n) is 3.78. The summed E-state index contributed by atoms with van der Waals surface area (Å²) < 4.78 is 0. The fourth-order valence-electron chi connectivity index (χ4n) is 1.53. The highest BCUT2D eigenvalue weighted by atomic mass is 35.5. The average Bonchev–Trinajstić information content (AvgIpc) is 2.91. The number of nitrogens with zero attached hydrogens (tertiary/aromatic N) is 3. The third-order valence-corrected chi connectivity index (χ3v) is 3.17. The van der Waals surface area contributed by atoms with Gasteiger partial charge in [-0.15, -0.1) is 23.7 Å². The van der Waals surface area contributed by atoms with Gasteiger partial charge >= 0.3 is 0 Å². The Balaban J connectivity index is 0.00000147. The van der Waals surface area contributed by atoms with Crippen LogP contribution in [0.5, 0.6) is 5.75 Å². The smallest absolute Gasteiger partial charge is 0.188 e. The minimum atomic E-state index is 0. The normalized spacial score (nSPS) is 9.80. The molecule has 0 aliphatic rings. The van der Waals surface area contributed by atoms with Crippen LogP contribution in [0.15, 0.2) is 48.1 Å². The van der Waals surface area contributed by atoms with Crippen LogP contribution < -0.4 is 5.32 Å². The lowest BCUT2D eigenvalue weighted by atomic mass is 10.3. The summed E-state index contributed by atoms with van der Waals surface area (Å²) in [6.45, 7) is 0. The van der Waals surface area contributed by atoms with Gasteiger partial charge in [0.2, 0.25) is 0 Å². The predicted molar refractivity (Wildman–Crippen MR) is 81.8 cm³/mol. The highest BCUT2D eigenvalue weighted by Gasteiger charge is 2.05. The van der Waals surface area contributed by atoms with Crippen LogP contribution in [0.2, 0.25) is 0 Å². The summed E-state index contributed by atoms with van der Waals surface area (Å²) in [6.07, 6.45) is 3.12. The molecule has 0 saturated heterocycles. The Hall–Kier alpha value is -2.18. The number of hydrogen-bond acceptors (Lipinski definition) is 6. The molecule has 3 aromatic rings. The number of anilines is 2. The van der Waals surface area contributed by atoms with Gasteiger partial charge in [-0.1, -0.05) is 6.07 Å². The summed E-state index contributed by atoms with van der Waals surface area (Å²) in [7, 11) is 0. The Morgan fingerprint density at radius 2 is 1.95 bits per heavy atom. The van der Waals surface area contributed by atoms with Crippen LogP contribution in [-0.4, -0.2) is 20.1 Å². The maximum atomic E-state index is 9.16. The zero-order valence-electron chi connectivity index (χ0n) is 10.2. The Labute approximate surface area is 125 Å². The highest BCUT2D eigenvalue weighted by molar-refractivity contribution is 7.14. The summed E-state index contributed by atoms with van der Waals surface area (Å²) in [5.74, 6) is 0.776. The molecule has 0 aromatic carbocycles. The Bertz CT molecular complexity index is 672. The summed E-state index contributed by atoms with van der Waals surface area (Å²) in [4.78, 5) is 12.7. The molecule has 7 heteroatoms. The number of thiazole rings is 1. The van der Waals surface area contributed by atoms with Crippen molar-refractivity contribution >= 4 is 34.7 Å². The van der Waals surface area contributed by atoms with E-state index >= 15 is 0 Å². The van der Waals surface area contributed by atoms with Crippen molar-refractivity contribution in [2.75, 3.05) is 5.32 Å². The van der Waals surface area contributed by atoms with E-state index in [-0.39, 0.29) is 18.2 Å². The van der Waals surface area contributed by atoms with E-state index in [9.17, 15) is 0 Å². The summed E-state index contributed by atoms with van der Waals surface area (Å²) in [5, 5.41) is 14.9. The van der Waals surface area contributed by atoms with Crippen LogP contribution in [0.4, 0.5) is 10.9 Å². The molecule has 3 aromatic heterocycles. The number of aromatic nitrogens is 3. The number of hydrogen-bond donors (Lipinski definition) is 2. The quantitative estimate of drug-likeness (QED) is 0.775. The van der Waals surface area contributed by atoms with Crippen molar-refractivity contribution < 1.29 is 5.11 Å².